The minimum absolute atomic E-state index is 0.550. The Bertz CT molecular complexity index is 549. The van der Waals surface area contributed by atoms with Crippen LogP contribution in [-0.4, -0.2) is 6.61 Å². The summed E-state index contributed by atoms with van der Waals surface area (Å²) in [6.07, 6.45) is 0. The molecule has 0 saturated carbocycles. The van der Waals surface area contributed by atoms with E-state index >= 15 is 0 Å². The highest BCUT2D eigenvalue weighted by molar-refractivity contribution is 9.08. The Morgan fingerprint density at radius 2 is 1.60 bits per heavy atom. The molecular weight excluding hydrogens is 316 g/mol. The molecule has 0 aromatic heterocycles. The molecule has 0 atom stereocenters. The van der Waals surface area contributed by atoms with Gasteiger partial charge in [-0.05, 0) is 37.1 Å². The number of hydrogen-bond acceptors (Lipinski definition) is 2. The van der Waals surface area contributed by atoms with Gasteiger partial charge in [0.15, 0.2) is 11.5 Å². The van der Waals surface area contributed by atoms with Gasteiger partial charge in [0.05, 0.1) is 6.61 Å². The molecule has 3 heteroatoms. The van der Waals surface area contributed by atoms with E-state index in [4.69, 9.17) is 9.47 Å². The number of hydrogen-bond donors (Lipinski definition) is 0. The molecule has 2 aromatic rings. The van der Waals surface area contributed by atoms with E-state index in [0.717, 1.165) is 22.4 Å². The Hall–Kier alpha value is -1.48. The molecule has 106 valence electrons. The van der Waals surface area contributed by atoms with Gasteiger partial charge in [0, 0.05) is 5.33 Å². The Labute approximate surface area is 128 Å². The van der Waals surface area contributed by atoms with Crippen LogP contribution in [0.4, 0.5) is 0 Å². The molecule has 0 saturated heterocycles. The van der Waals surface area contributed by atoms with Gasteiger partial charge in [-0.2, -0.15) is 0 Å². The summed E-state index contributed by atoms with van der Waals surface area (Å²) in [5.41, 5.74) is 3.59. The van der Waals surface area contributed by atoms with Crippen LogP contribution in [0.1, 0.15) is 23.6 Å². The third-order valence-electron chi connectivity index (χ3n) is 2.98. The number of rotatable bonds is 6. The fraction of sp³-hybridized carbons (Fsp3) is 0.294. The highest BCUT2D eigenvalue weighted by Crippen LogP contribution is 2.30. The standard InChI is InChI=1S/C17H19BrO2/c1-3-19-17-10-15(11-18)8-9-16(17)20-12-14-6-4-13(2)5-7-14/h4-10H,3,11-12H2,1-2H3. The van der Waals surface area contributed by atoms with Gasteiger partial charge < -0.3 is 9.47 Å². The van der Waals surface area contributed by atoms with Crippen molar-refractivity contribution in [3.63, 3.8) is 0 Å². The number of ether oxygens (including phenoxy) is 2. The predicted molar refractivity (Wildman–Crippen MR) is 85.8 cm³/mol. The molecule has 0 bridgehead atoms. The molecule has 2 nitrogen and oxygen atoms in total. The van der Waals surface area contributed by atoms with Gasteiger partial charge in [-0.25, -0.2) is 0 Å². The van der Waals surface area contributed by atoms with E-state index in [-0.39, 0.29) is 0 Å². The lowest BCUT2D eigenvalue weighted by Gasteiger charge is -2.13. The summed E-state index contributed by atoms with van der Waals surface area (Å²) in [4.78, 5) is 0. The topological polar surface area (TPSA) is 18.5 Å². The van der Waals surface area contributed by atoms with Crippen LogP contribution in [0.2, 0.25) is 0 Å². The van der Waals surface area contributed by atoms with Crippen molar-refractivity contribution in [1.82, 2.24) is 0 Å². The van der Waals surface area contributed by atoms with E-state index in [1.165, 1.54) is 11.1 Å². The average Bonchev–Trinajstić information content (AvgIpc) is 2.48. The van der Waals surface area contributed by atoms with Gasteiger partial charge in [0.25, 0.3) is 0 Å². The van der Waals surface area contributed by atoms with Gasteiger partial charge in [0.1, 0.15) is 6.61 Å². The number of aryl methyl sites for hydroxylation is 1. The molecule has 0 aliphatic carbocycles. The van der Waals surface area contributed by atoms with Crippen LogP contribution in [0.25, 0.3) is 0 Å². The second-order valence-electron chi connectivity index (χ2n) is 4.62. The van der Waals surface area contributed by atoms with Gasteiger partial charge in [-0.1, -0.05) is 51.8 Å². The van der Waals surface area contributed by atoms with Crippen LogP contribution >= 0.6 is 15.9 Å². The highest BCUT2D eigenvalue weighted by atomic mass is 79.9. The average molecular weight is 335 g/mol. The van der Waals surface area contributed by atoms with Crippen molar-refractivity contribution in [2.24, 2.45) is 0 Å². The molecule has 0 heterocycles. The van der Waals surface area contributed by atoms with E-state index in [1.807, 2.05) is 25.1 Å². The first-order chi connectivity index (χ1) is 9.72. The van der Waals surface area contributed by atoms with Gasteiger partial charge in [-0.3, -0.25) is 0 Å². The largest absolute Gasteiger partial charge is 0.490 e. The third-order valence-corrected chi connectivity index (χ3v) is 3.62. The van der Waals surface area contributed by atoms with Crippen LogP contribution in [0.15, 0.2) is 42.5 Å². The SMILES string of the molecule is CCOc1cc(CBr)ccc1OCc1ccc(C)cc1. The van der Waals surface area contributed by atoms with E-state index in [2.05, 4.69) is 47.1 Å². The zero-order chi connectivity index (χ0) is 14.4. The maximum absolute atomic E-state index is 5.87. The smallest absolute Gasteiger partial charge is 0.161 e. The molecule has 2 rings (SSSR count). The number of halogens is 1. The molecule has 0 amide bonds. The lowest BCUT2D eigenvalue weighted by atomic mass is 10.2. The fourth-order valence-corrected chi connectivity index (χ4v) is 2.22. The van der Waals surface area contributed by atoms with E-state index < -0.39 is 0 Å². The van der Waals surface area contributed by atoms with Crippen LogP contribution < -0.4 is 9.47 Å². The van der Waals surface area contributed by atoms with Gasteiger partial charge >= 0.3 is 0 Å². The van der Waals surface area contributed by atoms with Crippen LogP contribution in [0.5, 0.6) is 11.5 Å². The maximum Gasteiger partial charge on any atom is 0.161 e. The Morgan fingerprint density at radius 1 is 0.900 bits per heavy atom. The molecule has 0 fully saturated rings. The minimum Gasteiger partial charge on any atom is -0.490 e. The van der Waals surface area contributed by atoms with E-state index in [9.17, 15) is 0 Å². The molecule has 20 heavy (non-hydrogen) atoms. The zero-order valence-corrected chi connectivity index (χ0v) is 13.4. The first-order valence-corrected chi connectivity index (χ1v) is 7.85. The van der Waals surface area contributed by atoms with Crippen molar-refractivity contribution in [2.75, 3.05) is 6.61 Å². The van der Waals surface area contributed by atoms with Gasteiger partial charge in [-0.15, -0.1) is 0 Å². The second-order valence-corrected chi connectivity index (χ2v) is 5.18. The molecule has 2 aromatic carbocycles. The van der Waals surface area contributed by atoms with E-state index in [0.29, 0.717) is 13.2 Å². The molecular formula is C17H19BrO2. The van der Waals surface area contributed by atoms with Crippen LogP contribution in [0.3, 0.4) is 0 Å². The van der Waals surface area contributed by atoms with Crippen molar-refractivity contribution < 1.29 is 9.47 Å². The fourth-order valence-electron chi connectivity index (χ4n) is 1.87. The lowest BCUT2D eigenvalue weighted by Crippen LogP contribution is -2.00. The Kier molecular flexibility index (Phi) is 5.48. The summed E-state index contributed by atoms with van der Waals surface area (Å²) in [6.45, 7) is 5.24. The summed E-state index contributed by atoms with van der Waals surface area (Å²) < 4.78 is 11.5. The minimum atomic E-state index is 0.550. The summed E-state index contributed by atoms with van der Waals surface area (Å²) in [6, 6.07) is 14.4. The Balaban J connectivity index is 2.09. The van der Waals surface area contributed by atoms with Crippen molar-refractivity contribution in [3.8, 4) is 11.5 Å². The zero-order valence-electron chi connectivity index (χ0n) is 11.9. The van der Waals surface area contributed by atoms with Crippen LogP contribution in [-0.2, 0) is 11.9 Å². The van der Waals surface area contributed by atoms with Crippen molar-refractivity contribution in [2.45, 2.75) is 25.8 Å². The van der Waals surface area contributed by atoms with Crippen LogP contribution in [0, 0.1) is 6.92 Å². The first kappa shape index (κ1) is 14.9. The number of benzene rings is 2. The molecule has 0 aliphatic rings. The molecule has 0 spiro atoms. The molecule has 0 N–H and O–H groups in total. The third kappa shape index (κ3) is 4.01. The van der Waals surface area contributed by atoms with E-state index in [1.54, 1.807) is 0 Å². The summed E-state index contributed by atoms with van der Waals surface area (Å²) >= 11 is 3.45. The van der Waals surface area contributed by atoms with Gasteiger partial charge in [0.2, 0.25) is 0 Å². The second kappa shape index (κ2) is 7.34. The number of alkyl halides is 1. The normalized spacial score (nSPS) is 10.3. The summed E-state index contributed by atoms with van der Waals surface area (Å²) in [7, 11) is 0. The first-order valence-electron chi connectivity index (χ1n) is 6.73. The lowest BCUT2D eigenvalue weighted by molar-refractivity contribution is 0.269. The van der Waals surface area contributed by atoms with Crippen molar-refractivity contribution >= 4 is 15.9 Å². The summed E-state index contributed by atoms with van der Waals surface area (Å²) in [5, 5.41) is 0.811. The van der Waals surface area contributed by atoms with Crippen molar-refractivity contribution in [1.29, 1.82) is 0 Å². The highest BCUT2D eigenvalue weighted by Gasteiger charge is 2.06. The monoisotopic (exact) mass is 334 g/mol. The Morgan fingerprint density at radius 3 is 2.25 bits per heavy atom. The van der Waals surface area contributed by atoms with Crippen molar-refractivity contribution in [3.05, 3.63) is 59.2 Å². The maximum atomic E-state index is 5.87. The summed E-state index contributed by atoms with van der Waals surface area (Å²) in [5.74, 6) is 1.59. The molecule has 0 radical (unpaired) electrons. The molecule has 0 unspecified atom stereocenters. The quantitative estimate of drug-likeness (QED) is 0.702. The molecule has 0 aliphatic heterocycles. The predicted octanol–water partition coefficient (Wildman–Crippen LogP) is 4.87.